The zero-order valence-electron chi connectivity index (χ0n) is 25.6. The van der Waals surface area contributed by atoms with Crippen molar-refractivity contribution in [2.24, 2.45) is 22.4 Å². The zero-order valence-corrected chi connectivity index (χ0v) is 26.4. The fraction of sp³-hybridized carbons (Fsp3) is 0.379. The monoisotopic (exact) mass is 674 g/mol. The second-order valence-electron chi connectivity index (χ2n) is 10.7. The Bertz CT molecular complexity index is 1600. The maximum Gasteiger partial charge on any atom is 0.310 e. The first kappa shape index (κ1) is 36.4. The van der Waals surface area contributed by atoms with Crippen LogP contribution in [0.5, 0.6) is 0 Å². The van der Waals surface area contributed by atoms with E-state index in [2.05, 4.69) is 32.0 Å². The third-order valence-electron chi connectivity index (χ3n) is 7.06. The van der Waals surface area contributed by atoms with Crippen LogP contribution in [-0.2, 0) is 29.2 Å². The van der Waals surface area contributed by atoms with Gasteiger partial charge in [0.2, 0.25) is 27.7 Å². The maximum absolute atomic E-state index is 13.1. The van der Waals surface area contributed by atoms with Crippen molar-refractivity contribution in [2.45, 2.75) is 36.6 Å². The van der Waals surface area contributed by atoms with E-state index in [1.165, 1.54) is 30.3 Å². The molecule has 47 heavy (non-hydrogen) atoms. The molecule has 0 aliphatic carbocycles. The molecule has 254 valence electrons. The second kappa shape index (κ2) is 17.0. The Morgan fingerprint density at radius 1 is 1.00 bits per heavy atom. The third-order valence-corrected chi connectivity index (χ3v) is 8.98. The quantitative estimate of drug-likeness (QED) is 0.0721. The molecule has 0 saturated carbocycles. The molecule has 1 saturated heterocycles. The Morgan fingerprint density at radius 3 is 2.36 bits per heavy atom. The van der Waals surface area contributed by atoms with Gasteiger partial charge in [-0.25, -0.2) is 13.4 Å². The summed E-state index contributed by atoms with van der Waals surface area (Å²) in [5, 5.41) is 19.6. The molecule has 1 heterocycles. The fourth-order valence-corrected chi connectivity index (χ4v) is 6.38. The number of amides is 4. The van der Waals surface area contributed by atoms with Crippen LogP contribution in [0.4, 0.5) is 11.4 Å². The number of hydrogen-bond donors (Lipinski definition) is 8. The normalized spacial score (nSPS) is 15.2. The highest BCUT2D eigenvalue weighted by atomic mass is 32.2. The van der Waals surface area contributed by atoms with Crippen molar-refractivity contribution < 1.29 is 43.2 Å². The lowest BCUT2D eigenvalue weighted by Gasteiger charge is -2.24. The summed E-state index contributed by atoms with van der Waals surface area (Å²) in [4.78, 5) is 66.2. The number of nitrogens with zero attached hydrogens (tertiary/aromatic N) is 2. The van der Waals surface area contributed by atoms with E-state index < -0.39 is 52.2 Å². The van der Waals surface area contributed by atoms with Crippen molar-refractivity contribution in [3.8, 4) is 0 Å². The molecule has 2 aromatic rings. The van der Waals surface area contributed by atoms with Crippen molar-refractivity contribution in [1.29, 1.82) is 0 Å². The van der Waals surface area contributed by atoms with Gasteiger partial charge in [0.25, 0.3) is 5.91 Å². The van der Waals surface area contributed by atoms with Crippen molar-refractivity contribution in [3.05, 3.63) is 54.1 Å². The van der Waals surface area contributed by atoms with E-state index in [9.17, 15) is 37.5 Å². The first-order valence-electron chi connectivity index (χ1n) is 14.8. The topological polar surface area (TPSA) is 283 Å². The van der Waals surface area contributed by atoms with Crippen molar-refractivity contribution in [2.75, 3.05) is 38.0 Å². The molecule has 3 rings (SSSR count). The molecule has 18 heteroatoms. The molecule has 2 atom stereocenters. The number of guanidine groups is 1. The summed E-state index contributed by atoms with van der Waals surface area (Å²) >= 11 is 0. The predicted octanol–water partition coefficient (Wildman–Crippen LogP) is -1.93. The SMILES string of the molecule is NC(N)=Nc1cc(NC(=O)CCC[NH3+])cc(C(=O)NCC(=O)NCC(CNC(=O)C2CCCN2S(=O)(=O)c2ccccc2)C(=O)O)c1. The highest BCUT2D eigenvalue weighted by Gasteiger charge is 2.39. The lowest BCUT2D eigenvalue weighted by atomic mass is 10.1. The standard InChI is InChI=1S/C29H39N9O8S/c30-10-4-9-24(39)36-20-12-18(13-21(14-20)37-29(31)32)26(41)35-17-25(40)33-15-19(28(43)44)16-34-27(42)23-8-5-11-38(23)47(45,46)22-6-2-1-3-7-22/h1-3,6-7,12-14,19,23H,4-5,8-11,15-17,30H2,(H,33,40)(H,34,42)(H,35,41)(H,36,39)(H,43,44)(H4,31,32,37)/p+1. The van der Waals surface area contributed by atoms with Crippen molar-refractivity contribution in [1.82, 2.24) is 20.3 Å². The Hall–Kier alpha value is -5.07. The number of carboxylic acid groups (broad SMARTS) is 1. The number of sulfonamides is 1. The summed E-state index contributed by atoms with van der Waals surface area (Å²) in [5.41, 5.74) is 15.1. The molecule has 0 radical (unpaired) electrons. The van der Waals surface area contributed by atoms with Crippen LogP contribution in [0.3, 0.4) is 0 Å². The van der Waals surface area contributed by atoms with E-state index in [1.807, 2.05) is 0 Å². The van der Waals surface area contributed by atoms with Gasteiger partial charge < -0.3 is 43.6 Å². The summed E-state index contributed by atoms with van der Waals surface area (Å²) in [6.45, 7) is -0.573. The number of quaternary nitrogens is 1. The molecule has 2 unspecified atom stereocenters. The first-order valence-corrected chi connectivity index (χ1v) is 16.2. The van der Waals surface area contributed by atoms with Gasteiger partial charge in [-0.2, -0.15) is 4.31 Å². The molecule has 0 spiro atoms. The largest absolute Gasteiger partial charge is 0.481 e. The van der Waals surface area contributed by atoms with Crippen LogP contribution in [0.2, 0.25) is 0 Å². The zero-order chi connectivity index (χ0) is 34.6. The molecule has 17 nitrogen and oxygen atoms in total. The second-order valence-corrected chi connectivity index (χ2v) is 12.6. The molecular formula is C29H40N9O8S+. The minimum Gasteiger partial charge on any atom is -0.481 e. The third kappa shape index (κ3) is 10.8. The van der Waals surface area contributed by atoms with E-state index in [0.29, 0.717) is 19.4 Å². The number of hydrogen-bond acceptors (Lipinski definition) is 8. The minimum absolute atomic E-state index is 0.0362. The number of benzene rings is 2. The summed E-state index contributed by atoms with van der Waals surface area (Å²) < 4.78 is 27.2. The van der Waals surface area contributed by atoms with E-state index in [-0.39, 0.29) is 66.2 Å². The number of aliphatic carboxylic acids is 1. The van der Waals surface area contributed by atoms with E-state index in [1.54, 1.807) is 18.2 Å². The van der Waals surface area contributed by atoms with Gasteiger partial charge in [0, 0.05) is 43.7 Å². The first-order chi connectivity index (χ1) is 22.3. The van der Waals surface area contributed by atoms with Crippen LogP contribution in [0, 0.1) is 5.92 Å². The van der Waals surface area contributed by atoms with Crippen molar-refractivity contribution >= 4 is 57.0 Å². The lowest BCUT2D eigenvalue weighted by Crippen LogP contribution is -2.50. The Morgan fingerprint density at radius 2 is 1.70 bits per heavy atom. The Kier molecular flexibility index (Phi) is 13.2. The highest BCUT2D eigenvalue weighted by molar-refractivity contribution is 7.89. The van der Waals surface area contributed by atoms with Crippen LogP contribution in [-0.4, -0.2) is 92.2 Å². The number of carboxylic acids is 1. The molecule has 12 N–H and O–H groups in total. The van der Waals surface area contributed by atoms with Gasteiger partial charge in [-0.05, 0) is 43.2 Å². The van der Waals surface area contributed by atoms with Gasteiger partial charge >= 0.3 is 5.97 Å². The molecule has 1 fully saturated rings. The number of carbonyl (C=O) groups is 5. The van der Waals surface area contributed by atoms with Gasteiger partial charge in [0.1, 0.15) is 6.04 Å². The molecular weight excluding hydrogens is 634 g/mol. The smallest absolute Gasteiger partial charge is 0.310 e. The van der Waals surface area contributed by atoms with Crippen molar-refractivity contribution in [3.63, 3.8) is 0 Å². The Balaban J connectivity index is 1.55. The van der Waals surface area contributed by atoms with Crippen LogP contribution in [0.1, 0.15) is 36.0 Å². The van der Waals surface area contributed by atoms with Gasteiger partial charge in [0.15, 0.2) is 5.96 Å². The highest BCUT2D eigenvalue weighted by Crippen LogP contribution is 2.26. The van der Waals surface area contributed by atoms with Gasteiger partial charge in [-0.3, -0.25) is 24.0 Å². The summed E-state index contributed by atoms with van der Waals surface area (Å²) in [5.74, 6) is -5.20. The molecule has 1 aliphatic rings. The van der Waals surface area contributed by atoms with Crippen LogP contribution < -0.4 is 38.5 Å². The number of carbonyl (C=O) groups excluding carboxylic acids is 4. The lowest BCUT2D eigenvalue weighted by molar-refractivity contribution is -0.368. The van der Waals surface area contributed by atoms with E-state index in [4.69, 9.17) is 11.5 Å². The fourth-order valence-electron chi connectivity index (χ4n) is 4.71. The minimum atomic E-state index is -3.94. The number of rotatable bonds is 16. The van der Waals surface area contributed by atoms with Gasteiger partial charge in [0.05, 0.1) is 29.6 Å². The number of aliphatic imine (C=N–C) groups is 1. The molecule has 0 bridgehead atoms. The molecule has 4 amide bonds. The molecule has 1 aliphatic heterocycles. The Labute approximate surface area is 271 Å². The molecule has 2 aromatic carbocycles. The summed E-state index contributed by atoms with van der Waals surface area (Å²) in [6.07, 6.45) is 1.51. The summed E-state index contributed by atoms with van der Waals surface area (Å²) in [6, 6.07) is 10.9. The average Bonchev–Trinajstić information content (AvgIpc) is 3.53. The maximum atomic E-state index is 13.1. The van der Waals surface area contributed by atoms with Crippen LogP contribution >= 0.6 is 0 Å². The predicted molar refractivity (Wildman–Crippen MR) is 170 cm³/mol. The summed E-state index contributed by atoms with van der Waals surface area (Å²) in [7, 11) is -3.94. The average molecular weight is 675 g/mol. The number of anilines is 1. The number of nitrogens with one attached hydrogen (secondary N) is 4. The van der Waals surface area contributed by atoms with E-state index >= 15 is 0 Å². The number of nitrogens with two attached hydrogens (primary N) is 2. The van der Waals surface area contributed by atoms with Crippen LogP contribution in [0.15, 0.2) is 58.4 Å². The molecule has 0 aromatic heterocycles. The van der Waals surface area contributed by atoms with Gasteiger partial charge in [-0.1, -0.05) is 18.2 Å². The van der Waals surface area contributed by atoms with Crippen LogP contribution in [0.25, 0.3) is 0 Å². The van der Waals surface area contributed by atoms with E-state index in [0.717, 1.165) is 4.31 Å². The van der Waals surface area contributed by atoms with Gasteiger partial charge in [-0.15, -0.1) is 0 Å².